The van der Waals surface area contributed by atoms with Crippen LogP contribution < -0.4 is 0 Å². The van der Waals surface area contributed by atoms with E-state index in [4.69, 9.17) is 4.74 Å². The average Bonchev–Trinajstić information content (AvgIpc) is 2.86. The van der Waals surface area contributed by atoms with Gasteiger partial charge in [-0.2, -0.15) is 0 Å². The zero-order valence-electron chi connectivity index (χ0n) is 9.93. The first-order valence-corrected chi connectivity index (χ1v) is 6.38. The second kappa shape index (κ2) is 5.48. The minimum Gasteiger partial charge on any atom is -0.469 e. The number of aromatic nitrogens is 1. The van der Waals surface area contributed by atoms with Gasteiger partial charge in [0, 0.05) is 30.0 Å². The van der Waals surface area contributed by atoms with E-state index in [2.05, 4.69) is 20.9 Å². The van der Waals surface area contributed by atoms with E-state index >= 15 is 0 Å². The molecule has 18 heavy (non-hydrogen) atoms. The van der Waals surface area contributed by atoms with Gasteiger partial charge in [0.05, 0.1) is 18.6 Å². The lowest BCUT2D eigenvalue weighted by Crippen LogP contribution is -2.30. The van der Waals surface area contributed by atoms with Gasteiger partial charge in [0.1, 0.15) is 0 Å². The number of amides is 1. The number of pyridine rings is 1. The van der Waals surface area contributed by atoms with Crippen molar-refractivity contribution in [2.24, 2.45) is 5.92 Å². The highest BCUT2D eigenvalue weighted by Crippen LogP contribution is 2.20. The second-order valence-corrected chi connectivity index (χ2v) is 5.07. The number of likely N-dealkylation sites (tertiary alicyclic amines) is 1. The van der Waals surface area contributed by atoms with Crippen LogP contribution in [0.1, 0.15) is 16.8 Å². The van der Waals surface area contributed by atoms with Crippen molar-refractivity contribution in [3.63, 3.8) is 0 Å². The molecule has 0 saturated carbocycles. The zero-order chi connectivity index (χ0) is 13.1. The van der Waals surface area contributed by atoms with Crippen LogP contribution in [0.4, 0.5) is 0 Å². The number of ether oxygens (including phenoxy) is 1. The van der Waals surface area contributed by atoms with Crippen molar-refractivity contribution in [3.8, 4) is 0 Å². The summed E-state index contributed by atoms with van der Waals surface area (Å²) in [5.74, 6) is -0.563. The molecule has 5 nitrogen and oxygen atoms in total. The van der Waals surface area contributed by atoms with E-state index in [0.29, 0.717) is 25.1 Å². The molecule has 1 amide bonds. The topological polar surface area (TPSA) is 59.5 Å². The highest BCUT2D eigenvalue weighted by molar-refractivity contribution is 9.10. The summed E-state index contributed by atoms with van der Waals surface area (Å²) < 4.78 is 5.45. The maximum absolute atomic E-state index is 12.2. The summed E-state index contributed by atoms with van der Waals surface area (Å²) in [6.45, 7) is 0.989. The molecule has 1 saturated heterocycles. The Morgan fingerprint density at radius 3 is 2.94 bits per heavy atom. The molecule has 2 heterocycles. The third kappa shape index (κ3) is 2.69. The molecule has 1 fully saturated rings. The first-order valence-electron chi connectivity index (χ1n) is 5.59. The molecule has 1 aromatic heterocycles. The highest BCUT2D eigenvalue weighted by Gasteiger charge is 2.32. The highest BCUT2D eigenvalue weighted by atomic mass is 79.9. The Labute approximate surface area is 113 Å². The van der Waals surface area contributed by atoms with E-state index in [0.717, 1.165) is 4.47 Å². The van der Waals surface area contributed by atoms with E-state index in [-0.39, 0.29) is 17.8 Å². The van der Waals surface area contributed by atoms with Crippen LogP contribution in [0.25, 0.3) is 0 Å². The van der Waals surface area contributed by atoms with Crippen LogP contribution in [0.2, 0.25) is 0 Å². The zero-order valence-corrected chi connectivity index (χ0v) is 11.5. The van der Waals surface area contributed by atoms with Gasteiger partial charge in [-0.1, -0.05) is 0 Å². The van der Waals surface area contributed by atoms with E-state index in [1.165, 1.54) is 13.3 Å². The molecule has 0 aliphatic carbocycles. The molecule has 2 rings (SSSR count). The van der Waals surface area contributed by atoms with Crippen LogP contribution >= 0.6 is 15.9 Å². The van der Waals surface area contributed by atoms with Gasteiger partial charge >= 0.3 is 5.97 Å². The molecular formula is C12H13BrN2O3. The molecular weight excluding hydrogens is 300 g/mol. The lowest BCUT2D eigenvalue weighted by atomic mass is 10.1. The van der Waals surface area contributed by atoms with Gasteiger partial charge in [-0.05, 0) is 28.4 Å². The van der Waals surface area contributed by atoms with Crippen LogP contribution in [-0.2, 0) is 9.53 Å². The van der Waals surface area contributed by atoms with E-state index in [9.17, 15) is 9.59 Å². The normalized spacial score (nSPS) is 18.8. The lowest BCUT2D eigenvalue weighted by Gasteiger charge is -2.15. The third-order valence-corrected chi connectivity index (χ3v) is 3.40. The smallest absolute Gasteiger partial charge is 0.310 e. The summed E-state index contributed by atoms with van der Waals surface area (Å²) in [6, 6.07) is 1.72. The maximum Gasteiger partial charge on any atom is 0.310 e. The fraction of sp³-hybridized carbons (Fsp3) is 0.417. The molecule has 1 aromatic rings. The van der Waals surface area contributed by atoms with Crippen molar-refractivity contribution >= 4 is 27.8 Å². The minimum atomic E-state index is -0.252. The van der Waals surface area contributed by atoms with Gasteiger partial charge in [0.25, 0.3) is 5.91 Å². The van der Waals surface area contributed by atoms with Gasteiger partial charge in [-0.25, -0.2) is 0 Å². The van der Waals surface area contributed by atoms with Gasteiger partial charge in [-0.3, -0.25) is 14.6 Å². The number of carbonyl (C=O) groups excluding carboxylic acids is 2. The number of halogens is 1. The van der Waals surface area contributed by atoms with Crippen LogP contribution in [-0.4, -0.2) is 42.0 Å². The quantitative estimate of drug-likeness (QED) is 0.776. The predicted molar refractivity (Wildman–Crippen MR) is 68.0 cm³/mol. The summed E-state index contributed by atoms with van der Waals surface area (Å²) in [5.41, 5.74) is 0.523. The van der Waals surface area contributed by atoms with E-state index in [1.807, 2.05) is 0 Å². The number of hydrogen-bond acceptors (Lipinski definition) is 4. The van der Waals surface area contributed by atoms with Gasteiger partial charge < -0.3 is 9.64 Å². The predicted octanol–water partition coefficient (Wildman–Crippen LogP) is 1.48. The number of esters is 1. The second-order valence-electron chi connectivity index (χ2n) is 4.15. The van der Waals surface area contributed by atoms with Gasteiger partial charge in [-0.15, -0.1) is 0 Å². The molecule has 1 aliphatic rings. The number of rotatable bonds is 2. The van der Waals surface area contributed by atoms with E-state index < -0.39 is 0 Å². The summed E-state index contributed by atoms with van der Waals surface area (Å²) >= 11 is 3.28. The summed E-state index contributed by atoms with van der Waals surface area (Å²) in [5, 5.41) is 0. The minimum absolute atomic E-state index is 0.102. The Balaban J connectivity index is 2.06. The molecule has 1 aliphatic heterocycles. The summed E-state index contributed by atoms with van der Waals surface area (Å²) in [4.78, 5) is 29.2. The standard InChI is InChI=1S/C12H13BrN2O3/c1-18-12(17)8-2-3-15(7-8)11(16)9-4-10(13)6-14-5-9/h4-6,8H,2-3,7H2,1H3. The summed E-state index contributed by atoms with van der Waals surface area (Å²) in [6.07, 6.45) is 3.80. The number of hydrogen-bond donors (Lipinski definition) is 0. The number of carbonyl (C=O) groups is 2. The molecule has 0 aromatic carbocycles. The Bertz CT molecular complexity index is 478. The SMILES string of the molecule is COC(=O)C1CCN(C(=O)c2cncc(Br)c2)C1. The monoisotopic (exact) mass is 312 g/mol. The first kappa shape index (κ1) is 13.0. The Kier molecular flexibility index (Phi) is 3.96. The fourth-order valence-corrected chi connectivity index (χ4v) is 2.38. The van der Waals surface area contributed by atoms with Crippen LogP contribution in [0, 0.1) is 5.92 Å². The lowest BCUT2D eigenvalue weighted by molar-refractivity contribution is -0.144. The molecule has 0 spiro atoms. The van der Waals surface area contributed by atoms with Crippen molar-refractivity contribution in [1.82, 2.24) is 9.88 Å². The Hall–Kier alpha value is -1.43. The summed E-state index contributed by atoms with van der Waals surface area (Å²) in [7, 11) is 1.37. The Morgan fingerprint density at radius 1 is 1.50 bits per heavy atom. The Morgan fingerprint density at radius 2 is 2.28 bits per heavy atom. The molecule has 0 N–H and O–H groups in total. The van der Waals surface area contributed by atoms with Crippen molar-refractivity contribution in [2.45, 2.75) is 6.42 Å². The molecule has 1 atom stereocenters. The average molecular weight is 313 g/mol. The molecule has 0 radical (unpaired) electrons. The van der Waals surface area contributed by atoms with Gasteiger partial charge in [0.2, 0.25) is 0 Å². The van der Waals surface area contributed by atoms with Crippen molar-refractivity contribution in [2.75, 3.05) is 20.2 Å². The van der Waals surface area contributed by atoms with Crippen molar-refractivity contribution in [3.05, 3.63) is 28.5 Å². The van der Waals surface area contributed by atoms with Crippen LogP contribution in [0.5, 0.6) is 0 Å². The first-order chi connectivity index (χ1) is 8.61. The van der Waals surface area contributed by atoms with Gasteiger partial charge in [0.15, 0.2) is 0 Å². The fourth-order valence-electron chi connectivity index (χ4n) is 2.02. The van der Waals surface area contributed by atoms with Crippen molar-refractivity contribution < 1.29 is 14.3 Å². The molecule has 1 unspecified atom stereocenters. The van der Waals surface area contributed by atoms with E-state index in [1.54, 1.807) is 17.2 Å². The van der Waals surface area contributed by atoms with Crippen molar-refractivity contribution in [1.29, 1.82) is 0 Å². The van der Waals surface area contributed by atoms with Crippen LogP contribution in [0.15, 0.2) is 22.9 Å². The maximum atomic E-state index is 12.2. The molecule has 96 valence electrons. The molecule has 6 heteroatoms. The number of nitrogens with zero attached hydrogens (tertiary/aromatic N) is 2. The largest absolute Gasteiger partial charge is 0.469 e. The molecule has 0 bridgehead atoms. The number of methoxy groups -OCH3 is 1. The third-order valence-electron chi connectivity index (χ3n) is 2.96. The van der Waals surface area contributed by atoms with Crippen LogP contribution in [0.3, 0.4) is 0 Å².